The Balaban J connectivity index is 1.93. The Morgan fingerprint density at radius 2 is 2.03 bits per heavy atom. The summed E-state index contributed by atoms with van der Waals surface area (Å²) in [5.74, 6) is -1.56. The number of nitrogens with zero attached hydrogens (tertiary/aromatic N) is 1. The molecule has 2 aromatic rings. The van der Waals surface area contributed by atoms with Crippen LogP contribution in [0.15, 0.2) is 47.1 Å². The number of hydrogen-bond donors (Lipinski definition) is 0. The molecule has 1 heterocycles. The quantitative estimate of drug-likeness (QED) is 0.488. The van der Waals surface area contributed by atoms with Crippen molar-refractivity contribution in [1.29, 1.82) is 0 Å². The summed E-state index contributed by atoms with van der Waals surface area (Å²) in [5, 5.41) is 0.154. The Morgan fingerprint density at radius 3 is 2.73 bits per heavy atom. The van der Waals surface area contributed by atoms with E-state index in [1.165, 1.54) is 37.5 Å². The van der Waals surface area contributed by atoms with E-state index < -0.39 is 17.8 Å². The van der Waals surface area contributed by atoms with E-state index in [4.69, 9.17) is 25.8 Å². The standard InChI is InChI=1S/C21H17ClFNO6/c1-3-28-17-10-12(8-14(22)19(17)29-11-18(25)27-2)9-16-21(26)30-20(24-16)13-6-4-5-7-15(13)23/h4-10H,3,11H2,1-2H3/b16-9-. The average molecular weight is 434 g/mol. The van der Waals surface area contributed by atoms with Crippen molar-refractivity contribution in [2.24, 2.45) is 4.99 Å². The van der Waals surface area contributed by atoms with Crippen LogP contribution in [-0.4, -0.2) is 38.2 Å². The predicted molar refractivity (Wildman–Crippen MR) is 107 cm³/mol. The van der Waals surface area contributed by atoms with E-state index in [0.717, 1.165) is 0 Å². The molecule has 3 rings (SSSR count). The van der Waals surface area contributed by atoms with Crippen LogP contribution in [0.1, 0.15) is 18.1 Å². The van der Waals surface area contributed by atoms with Crippen LogP contribution in [0.3, 0.4) is 0 Å². The number of halogens is 2. The normalized spacial score (nSPS) is 14.3. The van der Waals surface area contributed by atoms with Gasteiger partial charge >= 0.3 is 11.9 Å². The zero-order chi connectivity index (χ0) is 21.7. The first kappa shape index (κ1) is 21.3. The van der Waals surface area contributed by atoms with Crippen molar-refractivity contribution >= 4 is 35.5 Å². The molecular formula is C21H17ClFNO6. The third-order valence-electron chi connectivity index (χ3n) is 3.92. The Kier molecular flexibility index (Phi) is 6.68. The molecule has 0 bridgehead atoms. The van der Waals surface area contributed by atoms with Gasteiger partial charge in [-0.15, -0.1) is 0 Å². The first-order chi connectivity index (χ1) is 14.4. The van der Waals surface area contributed by atoms with Gasteiger partial charge in [0.1, 0.15) is 5.82 Å². The minimum atomic E-state index is -0.728. The second-order valence-corrected chi connectivity index (χ2v) is 6.35. The van der Waals surface area contributed by atoms with E-state index in [2.05, 4.69) is 9.73 Å². The fourth-order valence-corrected chi connectivity index (χ4v) is 2.85. The van der Waals surface area contributed by atoms with Crippen LogP contribution in [0.25, 0.3) is 6.08 Å². The monoisotopic (exact) mass is 433 g/mol. The van der Waals surface area contributed by atoms with Crippen molar-refractivity contribution in [1.82, 2.24) is 0 Å². The predicted octanol–water partition coefficient (Wildman–Crippen LogP) is 3.77. The van der Waals surface area contributed by atoms with Gasteiger partial charge in [-0.05, 0) is 42.8 Å². The van der Waals surface area contributed by atoms with Crippen LogP contribution in [0, 0.1) is 5.82 Å². The average Bonchev–Trinajstić information content (AvgIpc) is 3.07. The number of methoxy groups -OCH3 is 1. The molecule has 7 nitrogen and oxygen atoms in total. The Labute approximate surface area is 176 Å². The lowest BCUT2D eigenvalue weighted by Gasteiger charge is -2.13. The number of aliphatic imine (C=N–C) groups is 1. The molecule has 2 aromatic carbocycles. The van der Waals surface area contributed by atoms with Gasteiger partial charge in [0.2, 0.25) is 5.90 Å². The number of benzene rings is 2. The number of hydrogen-bond acceptors (Lipinski definition) is 7. The molecule has 0 aromatic heterocycles. The first-order valence-electron chi connectivity index (χ1n) is 8.86. The van der Waals surface area contributed by atoms with Gasteiger partial charge in [0.05, 0.1) is 24.3 Å². The van der Waals surface area contributed by atoms with Crippen LogP contribution >= 0.6 is 11.6 Å². The molecule has 0 N–H and O–H groups in total. The van der Waals surface area contributed by atoms with Crippen LogP contribution in [0.5, 0.6) is 11.5 Å². The minimum absolute atomic E-state index is 0.0324. The molecule has 30 heavy (non-hydrogen) atoms. The number of rotatable bonds is 7. The molecule has 156 valence electrons. The summed E-state index contributed by atoms with van der Waals surface area (Å²) in [7, 11) is 1.24. The van der Waals surface area contributed by atoms with Gasteiger partial charge in [-0.3, -0.25) is 0 Å². The van der Waals surface area contributed by atoms with E-state index in [9.17, 15) is 14.0 Å². The highest BCUT2D eigenvalue weighted by molar-refractivity contribution is 6.32. The minimum Gasteiger partial charge on any atom is -0.490 e. The molecule has 0 saturated carbocycles. The van der Waals surface area contributed by atoms with Crippen LogP contribution in [0.2, 0.25) is 5.02 Å². The molecule has 0 unspecified atom stereocenters. The maximum Gasteiger partial charge on any atom is 0.363 e. The van der Waals surface area contributed by atoms with Crippen molar-refractivity contribution in [3.63, 3.8) is 0 Å². The van der Waals surface area contributed by atoms with E-state index in [1.54, 1.807) is 19.1 Å². The molecule has 0 atom stereocenters. The van der Waals surface area contributed by atoms with Crippen molar-refractivity contribution in [3.8, 4) is 11.5 Å². The smallest absolute Gasteiger partial charge is 0.363 e. The largest absolute Gasteiger partial charge is 0.490 e. The van der Waals surface area contributed by atoms with Crippen molar-refractivity contribution < 1.29 is 32.9 Å². The molecule has 0 spiro atoms. The van der Waals surface area contributed by atoms with Gasteiger partial charge in [0.15, 0.2) is 23.8 Å². The number of ether oxygens (including phenoxy) is 4. The summed E-state index contributed by atoms with van der Waals surface area (Å²) in [6.07, 6.45) is 1.43. The summed E-state index contributed by atoms with van der Waals surface area (Å²) in [4.78, 5) is 27.6. The van der Waals surface area contributed by atoms with Crippen LogP contribution in [-0.2, 0) is 19.1 Å². The molecule has 9 heteroatoms. The second-order valence-electron chi connectivity index (χ2n) is 5.94. The van der Waals surface area contributed by atoms with E-state index in [1.807, 2.05) is 0 Å². The molecule has 0 fully saturated rings. The van der Waals surface area contributed by atoms with Crippen LogP contribution < -0.4 is 9.47 Å². The van der Waals surface area contributed by atoms with Gasteiger partial charge in [-0.2, -0.15) is 0 Å². The Hall–Kier alpha value is -3.39. The summed E-state index contributed by atoms with van der Waals surface area (Å²) < 4.78 is 34.5. The zero-order valence-corrected chi connectivity index (χ0v) is 16.9. The fourth-order valence-electron chi connectivity index (χ4n) is 2.58. The molecule has 0 amide bonds. The first-order valence-corrected chi connectivity index (χ1v) is 9.24. The molecule has 1 aliphatic rings. The Bertz CT molecular complexity index is 1050. The fraction of sp³-hybridized carbons (Fsp3) is 0.190. The lowest BCUT2D eigenvalue weighted by atomic mass is 10.1. The molecule has 0 saturated heterocycles. The number of carbonyl (C=O) groups excluding carboxylic acids is 2. The van der Waals surface area contributed by atoms with Crippen molar-refractivity contribution in [2.45, 2.75) is 6.92 Å². The van der Waals surface area contributed by atoms with Crippen LogP contribution in [0.4, 0.5) is 4.39 Å². The van der Waals surface area contributed by atoms with Gasteiger partial charge in [-0.25, -0.2) is 19.0 Å². The maximum atomic E-state index is 13.9. The van der Waals surface area contributed by atoms with Gasteiger partial charge in [0.25, 0.3) is 0 Å². The summed E-state index contributed by atoms with van der Waals surface area (Å²) in [5.41, 5.74) is 0.517. The molecule has 0 aliphatic carbocycles. The SMILES string of the molecule is CCOc1cc(/C=C2\N=C(c3ccccc3F)OC2=O)cc(Cl)c1OCC(=O)OC. The van der Waals surface area contributed by atoms with Gasteiger partial charge < -0.3 is 18.9 Å². The maximum absolute atomic E-state index is 13.9. The third-order valence-corrected chi connectivity index (χ3v) is 4.20. The highest BCUT2D eigenvalue weighted by Gasteiger charge is 2.26. The molecule has 0 radical (unpaired) electrons. The topological polar surface area (TPSA) is 83.4 Å². The highest BCUT2D eigenvalue weighted by Crippen LogP contribution is 2.37. The number of cyclic esters (lactones) is 1. The number of carbonyl (C=O) groups is 2. The van der Waals surface area contributed by atoms with Crippen molar-refractivity contribution in [3.05, 3.63) is 64.1 Å². The highest BCUT2D eigenvalue weighted by atomic mass is 35.5. The summed E-state index contributed by atoms with van der Waals surface area (Å²) in [6.45, 7) is 1.73. The van der Waals surface area contributed by atoms with E-state index in [-0.39, 0.29) is 40.3 Å². The lowest BCUT2D eigenvalue weighted by Crippen LogP contribution is -2.13. The number of esters is 2. The van der Waals surface area contributed by atoms with E-state index in [0.29, 0.717) is 12.2 Å². The molecule has 1 aliphatic heterocycles. The van der Waals surface area contributed by atoms with E-state index >= 15 is 0 Å². The zero-order valence-electron chi connectivity index (χ0n) is 16.1. The summed E-state index contributed by atoms with van der Waals surface area (Å²) >= 11 is 6.28. The van der Waals surface area contributed by atoms with Gasteiger partial charge in [-0.1, -0.05) is 23.7 Å². The van der Waals surface area contributed by atoms with Crippen molar-refractivity contribution in [2.75, 3.05) is 20.3 Å². The molecular weight excluding hydrogens is 417 g/mol. The second kappa shape index (κ2) is 9.41. The lowest BCUT2D eigenvalue weighted by molar-refractivity contribution is -0.143. The van der Waals surface area contributed by atoms with Gasteiger partial charge in [0, 0.05) is 0 Å². The Morgan fingerprint density at radius 1 is 1.27 bits per heavy atom. The third kappa shape index (κ3) is 4.77. The summed E-state index contributed by atoms with van der Waals surface area (Å²) in [6, 6.07) is 8.91.